The van der Waals surface area contributed by atoms with Gasteiger partial charge in [0, 0.05) is 6.42 Å². The molecule has 7 heteroatoms. The van der Waals surface area contributed by atoms with Crippen LogP contribution in [0.2, 0.25) is 5.02 Å². The van der Waals surface area contributed by atoms with Gasteiger partial charge in [-0.3, -0.25) is 4.79 Å². The van der Waals surface area contributed by atoms with Crippen molar-refractivity contribution in [3.8, 4) is 17.6 Å². The van der Waals surface area contributed by atoms with E-state index in [0.29, 0.717) is 40.0 Å². The van der Waals surface area contributed by atoms with Gasteiger partial charge in [0.2, 0.25) is 0 Å². The molecule has 1 N–H and O–H groups in total. The highest BCUT2D eigenvalue weighted by molar-refractivity contribution is 6.32. The summed E-state index contributed by atoms with van der Waals surface area (Å²) in [6, 6.07) is 14.2. The number of ether oxygens (including phenoxy) is 1. The lowest BCUT2D eigenvalue weighted by molar-refractivity contribution is 0.482. The van der Waals surface area contributed by atoms with Gasteiger partial charge < -0.3 is 4.74 Å². The first-order valence-electron chi connectivity index (χ1n) is 7.44. The first-order valence-corrected chi connectivity index (χ1v) is 7.81. The van der Waals surface area contributed by atoms with Gasteiger partial charge in [0.05, 0.1) is 16.7 Å². The first-order chi connectivity index (χ1) is 12.0. The van der Waals surface area contributed by atoms with Gasteiger partial charge >= 0.3 is 0 Å². The molecule has 0 atom stereocenters. The topological polar surface area (TPSA) is 91.7 Å². The van der Waals surface area contributed by atoms with E-state index >= 15 is 0 Å². The van der Waals surface area contributed by atoms with Crippen LogP contribution in [0, 0.1) is 18.3 Å². The van der Waals surface area contributed by atoms with Crippen LogP contribution in [-0.4, -0.2) is 15.2 Å². The molecule has 2 aromatic carbocycles. The molecule has 0 fully saturated rings. The molecule has 0 aliphatic rings. The highest BCUT2D eigenvalue weighted by Crippen LogP contribution is 2.31. The van der Waals surface area contributed by atoms with Crippen molar-refractivity contribution in [2.24, 2.45) is 0 Å². The number of rotatable bonds is 4. The Morgan fingerprint density at radius 3 is 2.88 bits per heavy atom. The highest BCUT2D eigenvalue weighted by atomic mass is 35.5. The summed E-state index contributed by atoms with van der Waals surface area (Å²) in [6.07, 6.45) is 0.420. The zero-order valence-corrected chi connectivity index (χ0v) is 14.0. The predicted octanol–water partition coefficient (Wildman–Crippen LogP) is 3.38. The van der Waals surface area contributed by atoms with Crippen LogP contribution in [-0.2, 0) is 6.42 Å². The number of H-pyrrole nitrogens is 1. The Labute approximate surface area is 148 Å². The molecule has 0 spiro atoms. The summed E-state index contributed by atoms with van der Waals surface area (Å²) < 4.78 is 5.79. The second-order valence-electron chi connectivity index (χ2n) is 5.35. The quantitative estimate of drug-likeness (QED) is 0.777. The number of aryl methyl sites for hydroxylation is 1. The van der Waals surface area contributed by atoms with Gasteiger partial charge in [0.25, 0.3) is 5.56 Å². The zero-order valence-electron chi connectivity index (χ0n) is 13.3. The smallest absolute Gasteiger partial charge is 0.285 e. The molecule has 0 saturated carbocycles. The van der Waals surface area contributed by atoms with E-state index in [-0.39, 0.29) is 5.56 Å². The fourth-order valence-corrected chi connectivity index (χ4v) is 2.38. The van der Waals surface area contributed by atoms with E-state index in [9.17, 15) is 4.79 Å². The van der Waals surface area contributed by atoms with Crippen LogP contribution in [0.5, 0.6) is 11.5 Å². The van der Waals surface area contributed by atoms with Crippen LogP contribution in [0.3, 0.4) is 0 Å². The van der Waals surface area contributed by atoms with Crippen LogP contribution >= 0.6 is 11.6 Å². The Hall–Kier alpha value is -3.17. The normalized spacial score (nSPS) is 10.3. The number of hydrogen-bond donors (Lipinski definition) is 1. The summed E-state index contributed by atoms with van der Waals surface area (Å²) in [5.74, 6) is 1.49. The van der Waals surface area contributed by atoms with Crippen molar-refractivity contribution in [1.29, 1.82) is 5.26 Å². The van der Waals surface area contributed by atoms with Crippen molar-refractivity contribution in [1.82, 2.24) is 15.2 Å². The van der Waals surface area contributed by atoms with Gasteiger partial charge in [-0.2, -0.15) is 10.4 Å². The van der Waals surface area contributed by atoms with Crippen molar-refractivity contribution >= 4 is 11.6 Å². The Bertz CT molecular complexity index is 1020. The van der Waals surface area contributed by atoms with Gasteiger partial charge in [0.15, 0.2) is 5.82 Å². The van der Waals surface area contributed by atoms with Crippen LogP contribution in [0.25, 0.3) is 0 Å². The summed E-state index contributed by atoms with van der Waals surface area (Å²) in [6.45, 7) is 1.63. The summed E-state index contributed by atoms with van der Waals surface area (Å²) in [4.78, 5) is 15.5. The standard InChI is InChI=1S/C18H13ClN4O2/c1-11-18(24)23-22-17(21-11)9-12-5-6-15(19)16(8-12)25-14-4-2-3-13(7-14)10-20/h2-8H,9H2,1H3,(H,23,24). The van der Waals surface area contributed by atoms with Gasteiger partial charge in [-0.15, -0.1) is 0 Å². The second-order valence-corrected chi connectivity index (χ2v) is 5.76. The summed E-state index contributed by atoms with van der Waals surface area (Å²) in [5, 5.41) is 15.8. The number of halogens is 1. The van der Waals surface area contributed by atoms with Crippen LogP contribution in [0.15, 0.2) is 47.3 Å². The van der Waals surface area contributed by atoms with Gasteiger partial charge in [0.1, 0.15) is 17.2 Å². The molecule has 0 radical (unpaired) electrons. The SMILES string of the molecule is Cc1nc(Cc2ccc(Cl)c(Oc3cccc(C#N)c3)c2)n[nH]c1=O. The lowest BCUT2D eigenvalue weighted by atomic mass is 10.1. The molecule has 6 nitrogen and oxygen atoms in total. The minimum atomic E-state index is -0.304. The van der Waals surface area contributed by atoms with Crippen molar-refractivity contribution in [2.45, 2.75) is 13.3 Å². The average molecular weight is 353 g/mol. The molecule has 3 rings (SSSR count). The molecule has 124 valence electrons. The maximum Gasteiger partial charge on any atom is 0.285 e. The van der Waals surface area contributed by atoms with E-state index in [1.165, 1.54) is 0 Å². The predicted molar refractivity (Wildman–Crippen MR) is 92.9 cm³/mol. The van der Waals surface area contributed by atoms with Crippen molar-refractivity contribution in [3.63, 3.8) is 0 Å². The minimum Gasteiger partial charge on any atom is -0.456 e. The molecule has 0 amide bonds. The van der Waals surface area contributed by atoms with Crippen molar-refractivity contribution < 1.29 is 4.74 Å². The largest absolute Gasteiger partial charge is 0.456 e. The molecule has 0 aliphatic heterocycles. The number of nitrogens with zero attached hydrogens (tertiary/aromatic N) is 3. The Kier molecular flexibility index (Phi) is 4.78. The molecule has 0 bridgehead atoms. The first kappa shape index (κ1) is 16.7. The molecular weight excluding hydrogens is 340 g/mol. The Morgan fingerprint density at radius 2 is 2.12 bits per heavy atom. The number of nitriles is 1. The van der Waals surface area contributed by atoms with E-state index in [2.05, 4.69) is 21.3 Å². The van der Waals surface area contributed by atoms with E-state index in [1.54, 1.807) is 43.3 Å². The number of benzene rings is 2. The van der Waals surface area contributed by atoms with Crippen LogP contribution in [0.1, 0.15) is 22.6 Å². The Balaban J connectivity index is 1.86. The van der Waals surface area contributed by atoms with E-state index in [0.717, 1.165) is 5.56 Å². The second kappa shape index (κ2) is 7.16. The van der Waals surface area contributed by atoms with Crippen LogP contribution in [0.4, 0.5) is 0 Å². The maximum absolute atomic E-state index is 11.3. The maximum atomic E-state index is 11.3. The van der Waals surface area contributed by atoms with Gasteiger partial charge in [-0.25, -0.2) is 10.1 Å². The molecule has 0 aliphatic carbocycles. The third kappa shape index (κ3) is 4.03. The van der Waals surface area contributed by atoms with E-state index in [1.807, 2.05) is 6.07 Å². The Morgan fingerprint density at radius 1 is 1.28 bits per heavy atom. The summed E-state index contributed by atoms with van der Waals surface area (Å²) >= 11 is 6.20. The molecule has 0 unspecified atom stereocenters. The number of hydrogen-bond acceptors (Lipinski definition) is 5. The monoisotopic (exact) mass is 352 g/mol. The minimum absolute atomic E-state index is 0.304. The number of nitrogens with one attached hydrogen (secondary N) is 1. The fraction of sp³-hybridized carbons (Fsp3) is 0.111. The van der Waals surface area contributed by atoms with Crippen LogP contribution < -0.4 is 10.3 Å². The van der Waals surface area contributed by atoms with Crippen molar-refractivity contribution in [3.05, 3.63) is 80.5 Å². The number of aromatic nitrogens is 3. The van der Waals surface area contributed by atoms with Crippen molar-refractivity contribution in [2.75, 3.05) is 0 Å². The van der Waals surface area contributed by atoms with E-state index in [4.69, 9.17) is 21.6 Å². The van der Waals surface area contributed by atoms with Gasteiger partial charge in [-0.1, -0.05) is 23.7 Å². The molecule has 0 saturated heterocycles. The van der Waals surface area contributed by atoms with Gasteiger partial charge in [-0.05, 0) is 42.8 Å². The molecular formula is C18H13ClN4O2. The molecule has 1 aromatic heterocycles. The average Bonchev–Trinajstić information content (AvgIpc) is 2.61. The molecule has 3 aromatic rings. The highest BCUT2D eigenvalue weighted by Gasteiger charge is 2.08. The van der Waals surface area contributed by atoms with E-state index < -0.39 is 0 Å². The molecule has 25 heavy (non-hydrogen) atoms. The zero-order chi connectivity index (χ0) is 17.8. The molecule has 1 heterocycles. The number of aromatic amines is 1. The lowest BCUT2D eigenvalue weighted by Gasteiger charge is -2.10. The fourth-order valence-electron chi connectivity index (χ4n) is 2.22. The third-order valence-electron chi connectivity index (χ3n) is 3.46. The summed E-state index contributed by atoms with van der Waals surface area (Å²) in [7, 11) is 0. The summed E-state index contributed by atoms with van der Waals surface area (Å²) in [5.41, 5.74) is 1.44. The third-order valence-corrected chi connectivity index (χ3v) is 3.77. The lowest BCUT2D eigenvalue weighted by Crippen LogP contribution is -2.16.